The van der Waals surface area contributed by atoms with Crippen LogP contribution in [-0.4, -0.2) is 10.5 Å². The van der Waals surface area contributed by atoms with Crippen LogP contribution in [0.4, 0.5) is 0 Å². The second kappa shape index (κ2) is 6.63. The van der Waals surface area contributed by atoms with Crippen molar-refractivity contribution in [1.29, 1.82) is 5.26 Å². The largest absolute Gasteiger partial charge is 0.457 e. The highest BCUT2D eigenvalue weighted by molar-refractivity contribution is 5.89. The summed E-state index contributed by atoms with van der Waals surface area (Å²) in [5.41, 5.74) is 2.82. The average Bonchev–Trinajstić information content (AvgIpc) is 3.14. The van der Waals surface area contributed by atoms with Gasteiger partial charge in [-0.3, -0.25) is 0 Å². The van der Waals surface area contributed by atoms with Crippen LogP contribution in [0.3, 0.4) is 0 Å². The minimum absolute atomic E-state index is 0.147. The van der Waals surface area contributed by atoms with Crippen LogP contribution >= 0.6 is 0 Å². The normalized spacial score (nSPS) is 10.0. The standard InChI is InChI=1S/C19H14N2O2/c20-13-15-4-3-5-16(12-15)14-23-19(22)17-6-8-18(9-7-17)21-10-1-2-11-21/h1-12H,14H2. The van der Waals surface area contributed by atoms with Crippen molar-refractivity contribution in [2.75, 3.05) is 0 Å². The van der Waals surface area contributed by atoms with Crippen LogP contribution in [-0.2, 0) is 11.3 Å². The lowest BCUT2D eigenvalue weighted by Crippen LogP contribution is -2.05. The van der Waals surface area contributed by atoms with Crippen LogP contribution in [0.15, 0.2) is 73.1 Å². The number of nitrogens with zero attached hydrogens (tertiary/aromatic N) is 2. The number of hydrogen-bond donors (Lipinski definition) is 0. The summed E-state index contributed by atoms with van der Waals surface area (Å²) in [7, 11) is 0. The van der Waals surface area contributed by atoms with Crippen molar-refractivity contribution in [2.45, 2.75) is 6.61 Å². The zero-order valence-electron chi connectivity index (χ0n) is 12.3. The molecule has 0 saturated heterocycles. The van der Waals surface area contributed by atoms with Crippen molar-refractivity contribution in [3.63, 3.8) is 0 Å². The van der Waals surface area contributed by atoms with Gasteiger partial charge in [-0.1, -0.05) is 12.1 Å². The highest BCUT2D eigenvalue weighted by Gasteiger charge is 2.08. The fourth-order valence-electron chi connectivity index (χ4n) is 2.24. The van der Waals surface area contributed by atoms with E-state index in [-0.39, 0.29) is 12.6 Å². The Morgan fingerprint density at radius 1 is 1.04 bits per heavy atom. The van der Waals surface area contributed by atoms with Crippen LogP contribution in [0.1, 0.15) is 21.5 Å². The Morgan fingerprint density at radius 3 is 2.48 bits per heavy atom. The highest BCUT2D eigenvalue weighted by atomic mass is 16.5. The van der Waals surface area contributed by atoms with E-state index in [9.17, 15) is 4.79 Å². The lowest BCUT2D eigenvalue weighted by atomic mass is 10.1. The Kier molecular flexibility index (Phi) is 4.21. The summed E-state index contributed by atoms with van der Waals surface area (Å²) >= 11 is 0. The number of aromatic nitrogens is 1. The first-order valence-corrected chi connectivity index (χ1v) is 7.16. The van der Waals surface area contributed by atoms with E-state index < -0.39 is 0 Å². The SMILES string of the molecule is N#Cc1cccc(COC(=O)c2ccc(-n3cccc3)cc2)c1. The average molecular weight is 302 g/mol. The van der Waals surface area contributed by atoms with Gasteiger partial charge in [-0.25, -0.2) is 4.79 Å². The Labute approximate surface area is 134 Å². The monoisotopic (exact) mass is 302 g/mol. The van der Waals surface area contributed by atoms with Gasteiger partial charge in [0, 0.05) is 18.1 Å². The lowest BCUT2D eigenvalue weighted by molar-refractivity contribution is 0.0472. The van der Waals surface area contributed by atoms with Gasteiger partial charge in [0.05, 0.1) is 17.2 Å². The van der Waals surface area contributed by atoms with Gasteiger partial charge in [0.1, 0.15) is 6.61 Å². The molecule has 3 rings (SSSR count). The van der Waals surface area contributed by atoms with Crippen LogP contribution in [0.2, 0.25) is 0 Å². The first-order valence-electron chi connectivity index (χ1n) is 7.16. The summed E-state index contributed by atoms with van der Waals surface area (Å²) in [5.74, 6) is -0.383. The molecule has 2 aromatic carbocycles. The molecule has 4 heteroatoms. The molecule has 0 aliphatic rings. The van der Waals surface area contributed by atoms with E-state index in [1.54, 1.807) is 30.3 Å². The molecule has 23 heavy (non-hydrogen) atoms. The van der Waals surface area contributed by atoms with Crippen molar-refractivity contribution in [3.8, 4) is 11.8 Å². The van der Waals surface area contributed by atoms with E-state index in [0.29, 0.717) is 11.1 Å². The van der Waals surface area contributed by atoms with Gasteiger partial charge in [-0.15, -0.1) is 0 Å². The van der Waals surface area contributed by atoms with Crippen LogP contribution < -0.4 is 0 Å². The number of hydrogen-bond acceptors (Lipinski definition) is 3. The Hall–Kier alpha value is -3.32. The number of benzene rings is 2. The Balaban J connectivity index is 1.65. The van der Waals surface area contributed by atoms with Crippen molar-refractivity contribution in [1.82, 2.24) is 4.57 Å². The van der Waals surface area contributed by atoms with E-state index >= 15 is 0 Å². The summed E-state index contributed by atoms with van der Waals surface area (Å²) in [6.45, 7) is 0.147. The number of esters is 1. The summed E-state index contributed by atoms with van der Waals surface area (Å²) in [6, 6.07) is 20.2. The summed E-state index contributed by atoms with van der Waals surface area (Å²) < 4.78 is 7.25. The zero-order chi connectivity index (χ0) is 16.1. The minimum Gasteiger partial charge on any atom is -0.457 e. The van der Waals surface area contributed by atoms with E-state index in [1.807, 2.05) is 47.3 Å². The van der Waals surface area contributed by atoms with Gasteiger partial charge in [-0.05, 0) is 54.1 Å². The zero-order valence-corrected chi connectivity index (χ0v) is 12.3. The summed E-state index contributed by atoms with van der Waals surface area (Å²) in [6.07, 6.45) is 3.88. The first kappa shape index (κ1) is 14.6. The topological polar surface area (TPSA) is 55.0 Å². The molecule has 0 bridgehead atoms. The summed E-state index contributed by atoms with van der Waals surface area (Å²) in [4.78, 5) is 12.1. The molecule has 0 saturated carbocycles. The Bertz CT molecular complexity index is 844. The number of rotatable bonds is 4. The number of carbonyl (C=O) groups is 1. The molecular formula is C19H14N2O2. The van der Waals surface area contributed by atoms with E-state index in [0.717, 1.165) is 11.3 Å². The maximum atomic E-state index is 12.1. The summed E-state index contributed by atoms with van der Waals surface area (Å²) in [5, 5.41) is 8.86. The van der Waals surface area contributed by atoms with Gasteiger partial charge < -0.3 is 9.30 Å². The molecule has 0 aliphatic carbocycles. The molecule has 1 aromatic heterocycles. The van der Waals surface area contributed by atoms with E-state index in [4.69, 9.17) is 10.00 Å². The molecule has 0 spiro atoms. The van der Waals surface area contributed by atoms with Crippen molar-refractivity contribution >= 4 is 5.97 Å². The fourth-order valence-corrected chi connectivity index (χ4v) is 2.24. The molecule has 0 radical (unpaired) electrons. The quantitative estimate of drug-likeness (QED) is 0.690. The predicted octanol–water partition coefficient (Wildman–Crippen LogP) is 3.71. The molecule has 112 valence electrons. The molecule has 0 N–H and O–H groups in total. The van der Waals surface area contributed by atoms with Crippen LogP contribution in [0.5, 0.6) is 0 Å². The third-order valence-electron chi connectivity index (χ3n) is 3.43. The first-order chi connectivity index (χ1) is 11.3. The highest BCUT2D eigenvalue weighted by Crippen LogP contribution is 2.12. The Morgan fingerprint density at radius 2 is 1.78 bits per heavy atom. The number of carbonyl (C=O) groups excluding carboxylic acids is 1. The fraction of sp³-hybridized carbons (Fsp3) is 0.0526. The van der Waals surface area contributed by atoms with Crippen molar-refractivity contribution in [3.05, 3.63) is 89.7 Å². The van der Waals surface area contributed by atoms with Gasteiger partial charge >= 0.3 is 5.97 Å². The lowest BCUT2D eigenvalue weighted by Gasteiger charge is -2.07. The second-order valence-corrected chi connectivity index (χ2v) is 5.03. The maximum Gasteiger partial charge on any atom is 0.338 e. The molecule has 0 fully saturated rings. The maximum absolute atomic E-state index is 12.1. The molecule has 1 heterocycles. The smallest absolute Gasteiger partial charge is 0.338 e. The molecule has 4 nitrogen and oxygen atoms in total. The van der Waals surface area contributed by atoms with E-state index in [1.165, 1.54) is 0 Å². The third kappa shape index (κ3) is 3.47. The molecule has 0 amide bonds. The minimum atomic E-state index is -0.383. The van der Waals surface area contributed by atoms with E-state index in [2.05, 4.69) is 6.07 Å². The number of ether oxygens (including phenoxy) is 1. The third-order valence-corrected chi connectivity index (χ3v) is 3.43. The molecule has 3 aromatic rings. The molecule has 0 aliphatic heterocycles. The van der Waals surface area contributed by atoms with Gasteiger partial charge in [0.2, 0.25) is 0 Å². The second-order valence-electron chi connectivity index (χ2n) is 5.03. The van der Waals surface area contributed by atoms with Crippen molar-refractivity contribution in [2.24, 2.45) is 0 Å². The molecular weight excluding hydrogens is 288 g/mol. The number of nitriles is 1. The molecule has 0 atom stereocenters. The van der Waals surface area contributed by atoms with Crippen molar-refractivity contribution < 1.29 is 9.53 Å². The predicted molar refractivity (Wildman–Crippen MR) is 86.0 cm³/mol. The van der Waals surface area contributed by atoms with Gasteiger partial charge in [0.15, 0.2) is 0 Å². The van der Waals surface area contributed by atoms with Gasteiger partial charge in [-0.2, -0.15) is 5.26 Å². The van der Waals surface area contributed by atoms with Crippen LogP contribution in [0.25, 0.3) is 5.69 Å². The van der Waals surface area contributed by atoms with Crippen LogP contribution in [0, 0.1) is 11.3 Å². The molecule has 0 unspecified atom stereocenters. The van der Waals surface area contributed by atoms with Gasteiger partial charge in [0.25, 0.3) is 0 Å².